The van der Waals surface area contributed by atoms with Gasteiger partial charge in [0, 0.05) is 27.3 Å². The van der Waals surface area contributed by atoms with E-state index < -0.39 is 0 Å². The molecular weight excluding hydrogens is 370 g/mol. The predicted octanol–water partition coefficient (Wildman–Crippen LogP) is 7.96. The Morgan fingerprint density at radius 2 is 1.43 bits per heavy atom. The van der Waals surface area contributed by atoms with Gasteiger partial charge in [-0.1, -0.05) is 80.6 Å². The molecule has 1 aliphatic carbocycles. The van der Waals surface area contributed by atoms with Crippen LogP contribution in [0.4, 0.5) is 5.69 Å². The highest BCUT2D eigenvalue weighted by Gasteiger charge is 2.39. The van der Waals surface area contributed by atoms with E-state index in [0.717, 1.165) is 44.2 Å². The summed E-state index contributed by atoms with van der Waals surface area (Å²) in [5, 5.41) is 5.52. The van der Waals surface area contributed by atoms with Gasteiger partial charge in [-0.15, -0.1) is 4.91 Å². The van der Waals surface area contributed by atoms with Crippen molar-refractivity contribution in [2.75, 3.05) is 0 Å². The maximum atomic E-state index is 11.5. The Kier molecular flexibility index (Phi) is 3.37. The molecule has 3 heteroatoms. The Morgan fingerprint density at radius 1 is 0.700 bits per heavy atom. The van der Waals surface area contributed by atoms with Gasteiger partial charge in [-0.3, -0.25) is 0 Å². The summed E-state index contributed by atoms with van der Waals surface area (Å²) in [6.07, 6.45) is 0. The first-order valence-corrected chi connectivity index (χ1v) is 10.1. The van der Waals surface area contributed by atoms with Crippen LogP contribution in [0.2, 0.25) is 0 Å². The molecular formula is C27H19NO2. The van der Waals surface area contributed by atoms with Crippen LogP contribution in [0.1, 0.15) is 25.0 Å². The quantitative estimate of drug-likeness (QED) is 0.287. The Bertz CT molecular complexity index is 1490. The summed E-state index contributed by atoms with van der Waals surface area (Å²) in [6.45, 7) is 4.50. The lowest BCUT2D eigenvalue weighted by Crippen LogP contribution is -2.14. The normalized spacial score (nSPS) is 14.1. The third-order valence-corrected chi connectivity index (χ3v) is 6.50. The first-order valence-electron chi connectivity index (χ1n) is 10.1. The van der Waals surface area contributed by atoms with E-state index in [1.165, 1.54) is 11.1 Å². The number of fused-ring (bicyclic) bond motifs is 7. The predicted molar refractivity (Wildman–Crippen MR) is 122 cm³/mol. The van der Waals surface area contributed by atoms with E-state index in [2.05, 4.69) is 55.4 Å². The van der Waals surface area contributed by atoms with Crippen molar-refractivity contribution < 1.29 is 4.42 Å². The van der Waals surface area contributed by atoms with E-state index in [-0.39, 0.29) is 5.41 Å². The minimum Gasteiger partial charge on any atom is -0.455 e. The summed E-state index contributed by atoms with van der Waals surface area (Å²) in [7, 11) is 0. The molecule has 144 valence electrons. The van der Waals surface area contributed by atoms with Crippen LogP contribution in [0.5, 0.6) is 0 Å². The second kappa shape index (κ2) is 5.90. The van der Waals surface area contributed by atoms with Crippen molar-refractivity contribution >= 4 is 27.6 Å². The second-order valence-electron chi connectivity index (χ2n) is 8.42. The molecule has 4 aromatic carbocycles. The van der Waals surface area contributed by atoms with Crippen molar-refractivity contribution in [3.05, 3.63) is 94.9 Å². The van der Waals surface area contributed by atoms with E-state index in [4.69, 9.17) is 4.42 Å². The zero-order chi connectivity index (χ0) is 20.5. The van der Waals surface area contributed by atoms with Gasteiger partial charge >= 0.3 is 0 Å². The van der Waals surface area contributed by atoms with Crippen molar-refractivity contribution in [3.63, 3.8) is 0 Å². The summed E-state index contributed by atoms with van der Waals surface area (Å²) < 4.78 is 6.41. The van der Waals surface area contributed by atoms with Crippen molar-refractivity contribution in [3.8, 4) is 22.3 Å². The number of benzene rings is 4. The lowest BCUT2D eigenvalue weighted by molar-refractivity contribution is 0.653. The third kappa shape index (κ3) is 2.09. The first-order chi connectivity index (χ1) is 14.6. The fourth-order valence-corrected chi connectivity index (χ4v) is 5.05. The number of hydrogen-bond donors (Lipinski definition) is 0. The number of hydrogen-bond acceptors (Lipinski definition) is 3. The summed E-state index contributed by atoms with van der Waals surface area (Å²) in [6, 6.07) is 26.4. The topological polar surface area (TPSA) is 42.6 Å². The molecule has 0 fully saturated rings. The van der Waals surface area contributed by atoms with Crippen LogP contribution in [0.25, 0.3) is 44.2 Å². The number of nitrogens with zero attached hydrogens (tertiary/aromatic N) is 1. The molecule has 0 bridgehead atoms. The van der Waals surface area contributed by atoms with Crippen LogP contribution < -0.4 is 0 Å². The van der Waals surface area contributed by atoms with E-state index in [9.17, 15) is 4.91 Å². The summed E-state index contributed by atoms with van der Waals surface area (Å²) in [4.78, 5) is 11.5. The molecule has 0 saturated carbocycles. The Hall–Kier alpha value is -3.72. The van der Waals surface area contributed by atoms with Crippen LogP contribution in [0.15, 0.2) is 88.5 Å². The standard InChI is InChI=1S/C27H19NO2/c1-27(2)20-11-7-10-18(16-8-3-5-12-22(16)28-29)24(20)25-21(27)15-14-19-17-9-4-6-13-23(17)30-26(19)25/h3-15H,1-2H3. The fraction of sp³-hybridized carbons (Fsp3) is 0.111. The monoisotopic (exact) mass is 389 g/mol. The molecule has 3 nitrogen and oxygen atoms in total. The van der Waals surface area contributed by atoms with Gasteiger partial charge in [0.15, 0.2) is 0 Å². The number of para-hydroxylation sites is 1. The van der Waals surface area contributed by atoms with Gasteiger partial charge in [0.2, 0.25) is 0 Å². The van der Waals surface area contributed by atoms with Crippen molar-refractivity contribution in [1.82, 2.24) is 0 Å². The smallest absolute Gasteiger partial charge is 0.143 e. The Labute approximate surface area is 173 Å². The number of furan rings is 1. The molecule has 6 rings (SSSR count). The highest BCUT2D eigenvalue weighted by atomic mass is 16.3. The molecule has 0 spiro atoms. The lowest BCUT2D eigenvalue weighted by Gasteiger charge is -2.21. The lowest BCUT2D eigenvalue weighted by atomic mass is 9.82. The van der Waals surface area contributed by atoms with Gasteiger partial charge in [-0.05, 0) is 39.6 Å². The van der Waals surface area contributed by atoms with Gasteiger partial charge in [-0.2, -0.15) is 0 Å². The SMILES string of the molecule is CC1(C)c2cccc(-c3ccccc3N=O)c2-c2c1ccc1c2oc2ccccc21. The van der Waals surface area contributed by atoms with Gasteiger partial charge in [0.25, 0.3) is 0 Å². The van der Waals surface area contributed by atoms with E-state index in [0.29, 0.717) is 5.69 Å². The van der Waals surface area contributed by atoms with Crippen LogP contribution in [0.3, 0.4) is 0 Å². The highest BCUT2D eigenvalue weighted by Crippen LogP contribution is 2.55. The molecule has 0 atom stereocenters. The Morgan fingerprint density at radius 3 is 2.30 bits per heavy atom. The van der Waals surface area contributed by atoms with Crippen LogP contribution in [-0.4, -0.2) is 0 Å². The molecule has 1 aromatic heterocycles. The molecule has 1 aliphatic rings. The van der Waals surface area contributed by atoms with E-state index >= 15 is 0 Å². The average molecular weight is 389 g/mol. The third-order valence-electron chi connectivity index (χ3n) is 6.50. The molecule has 5 aromatic rings. The van der Waals surface area contributed by atoms with Gasteiger partial charge < -0.3 is 4.42 Å². The fourth-order valence-electron chi connectivity index (χ4n) is 5.05. The number of rotatable bonds is 2. The summed E-state index contributed by atoms with van der Waals surface area (Å²) in [5.74, 6) is 0. The zero-order valence-corrected chi connectivity index (χ0v) is 16.8. The van der Waals surface area contributed by atoms with Crippen LogP contribution in [0, 0.1) is 4.91 Å². The molecule has 0 N–H and O–H groups in total. The molecule has 0 unspecified atom stereocenters. The summed E-state index contributed by atoms with van der Waals surface area (Å²) in [5.41, 5.74) is 8.69. The highest BCUT2D eigenvalue weighted by molar-refractivity contribution is 6.13. The minimum atomic E-state index is -0.169. The molecule has 0 radical (unpaired) electrons. The van der Waals surface area contributed by atoms with Crippen molar-refractivity contribution in [1.29, 1.82) is 0 Å². The zero-order valence-electron chi connectivity index (χ0n) is 16.8. The maximum absolute atomic E-state index is 11.5. The molecule has 0 amide bonds. The Balaban J connectivity index is 1.79. The van der Waals surface area contributed by atoms with Crippen molar-refractivity contribution in [2.24, 2.45) is 5.18 Å². The van der Waals surface area contributed by atoms with E-state index in [1.54, 1.807) is 6.07 Å². The average Bonchev–Trinajstić information content (AvgIpc) is 3.27. The first kappa shape index (κ1) is 17.2. The maximum Gasteiger partial charge on any atom is 0.143 e. The van der Waals surface area contributed by atoms with Gasteiger partial charge in [0.1, 0.15) is 16.9 Å². The molecule has 0 aliphatic heterocycles. The summed E-state index contributed by atoms with van der Waals surface area (Å²) >= 11 is 0. The van der Waals surface area contributed by atoms with Gasteiger partial charge in [-0.25, -0.2) is 0 Å². The molecule has 1 heterocycles. The van der Waals surface area contributed by atoms with E-state index in [1.807, 2.05) is 36.4 Å². The van der Waals surface area contributed by atoms with Crippen LogP contribution >= 0.6 is 0 Å². The van der Waals surface area contributed by atoms with Crippen LogP contribution in [-0.2, 0) is 5.41 Å². The van der Waals surface area contributed by atoms with Crippen molar-refractivity contribution in [2.45, 2.75) is 19.3 Å². The minimum absolute atomic E-state index is 0.169. The number of nitroso groups, excluding NO2 is 1. The van der Waals surface area contributed by atoms with Gasteiger partial charge in [0.05, 0.1) is 0 Å². The largest absolute Gasteiger partial charge is 0.455 e. The molecule has 0 saturated heterocycles. The molecule has 30 heavy (non-hydrogen) atoms. The second-order valence-corrected chi connectivity index (χ2v) is 8.42.